The van der Waals surface area contributed by atoms with Gasteiger partial charge < -0.3 is 10.4 Å². The van der Waals surface area contributed by atoms with E-state index in [0.717, 1.165) is 49.9 Å². The number of fused-ring (bicyclic) bond motifs is 2. The van der Waals surface area contributed by atoms with Crippen LogP contribution in [0, 0.1) is 30.1 Å². The highest BCUT2D eigenvalue weighted by molar-refractivity contribution is 7.92. The van der Waals surface area contributed by atoms with Crippen LogP contribution in [0.3, 0.4) is 0 Å². The molecule has 7 nitrogen and oxygen atoms in total. The number of nitrogens with one attached hydrogen (secondary N) is 1. The number of amides is 1. The van der Waals surface area contributed by atoms with Crippen LogP contribution in [0.2, 0.25) is 0 Å². The zero-order valence-corrected chi connectivity index (χ0v) is 22.1. The SMILES string of the molecule is Cc1cccn1S(=O)(=O)c1ccc(C(=O)N[C@@H]2[C@@H](CCCCC=CC(=O)O)C[C@H]3C[C@@H]2C3(C)C)s1. The summed E-state index contributed by atoms with van der Waals surface area (Å²) in [6.45, 7) is 6.30. The molecule has 35 heavy (non-hydrogen) atoms. The van der Waals surface area contributed by atoms with Crippen LogP contribution in [-0.2, 0) is 14.8 Å². The maximum Gasteiger partial charge on any atom is 0.327 e. The van der Waals surface area contributed by atoms with Gasteiger partial charge in [-0.25, -0.2) is 8.77 Å². The summed E-state index contributed by atoms with van der Waals surface area (Å²) in [6, 6.07) is 6.60. The normalized spacial score (nSPS) is 25.3. The lowest BCUT2D eigenvalue weighted by Crippen LogP contribution is -2.63. The van der Waals surface area contributed by atoms with Crippen LogP contribution in [0.4, 0.5) is 0 Å². The van der Waals surface area contributed by atoms with Gasteiger partial charge in [-0.05, 0) is 86.5 Å². The van der Waals surface area contributed by atoms with Gasteiger partial charge in [-0.1, -0.05) is 26.3 Å². The Morgan fingerprint density at radius 3 is 2.66 bits per heavy atom. The molecule has 2 N–H and O–H groups in total. The number of aryl methyl sites for hydroxylation is 1. The van der Waals surface area contributed by atoms with Crippen LogP contribution < -0.4 is 5.32 Å². The Morgan fingerprint density at radius 1 is 1.23 bits per heavy atom. The maximum absolute atomic E-state index is 13.2. The molecule has 3 saturated carbocycles. The second kappa shape index (κ2) is 9.93. The minimum atomic E-state index is -3.72. The third-order valence-electron chi connectivity index (χ3n) is 8.05. The monoisotopic (exact) mass is 518 g/mol. The molecule has 2 aromatic rings. The molecule has 3 aliphatic rings. The van der Waals surface area contributed by atoms with Gasteiger partial charge in [0.1, 0.15) is 4.21 Å². The molecule has 2 aromatic heterocycles. The van der Waals surface area contributed by atoms with Crippen LogP contribution in [0.1, 0.15) is 67.7 Å². The van der Waals surface area contributed by atoms with Gasteiger partial charge in [0, 0.05) is 24.0 Å². The lowest BCUT2D eigenvalue weighted by atomic mass is 9.44. The summed E-state index contributed by atoms with van der Waals surface area (Å²) < 4.78 is 27.3. The van der Waals surface area contributed by atoms with Crippen molar-refractivity contribution in [2.45, 2.75) is 69.5 Å². The van der Waals surface area contributed by atoms with Crippen molar-refractivity contribution in [1.82, 2.24) is 9.29 Å². The number of thiophene rings is 1. The highest BCUT2D eigenvalue weighted by atomic mass is 32.2. The number of allylic oxidation sites excluding steroid dienone is 1. The molecule has 0 radical (unpaired) electrons. The summed E-state index contributed by atoms with van der Waals surface area (Å²) >= 11 is 1.01. The number of nitrogens with zero attached hydrogens (tertiary/aromatic N) is 1. The van der Waals surface area contributed by atoms with Crippen molar-refractivity contribution < 1.29 is 23.1 Å². The average molecular weight is 519 g/mol. The molecule has 190 valence electrons. The molecule has 3 fully saturated rings. The zero-order chi connectivity index (χ0) is 25.4. The van der Waals surface area contributed by atoms with Crippen LogP contribution in [0.5, 0.6) is 0 Å². The van der Waals surface area contributed by atoms with Crippen LogP contribution >= 0.6 is 11.3 Å². The lowest BCUT2D eigenvalue weighted by molar-refractivity contribution is -0.131. The molecule has 3 aliphatic carbocycles. The van der Waals surface area contributed by atoms with E-state index in [1.165, 1.54) is 22.3 Å². The van der Waals surface area contributed by atoms with Crippen LogP contribution in [0.25, 0.3) is 0 Å². The summed E-state index contributed by atoms with van der Waals surface area (Å²) in [5.74, 6) is 0.329. The number of hydrogen-bond donors (Lipinski definition) is 2. The van der Waals surface area contributed by atoms with Gasteiger partial charge in [-0.2, -0.15) is 8.42 Å². The zero-order valence-electron chi connectivity index (χ0n) is 20.4. The third kappa shape index (κ3) is 5.11. The molecular formula is C26H34N2O5S2. The maximum atomic E-state index is 13.2. The molecule has 0 saturated heterocycles. The first-order valence-electron chi connectivity index (χ1n) is 12.2. The van der Waals surface area contributed by atoms with E-state index in [4.69, 9.17) is 5.11 Å². The van der Waals surface area contributed by atoms with E-state index in [2.05, 4.69) is 19.2 Å². The summed E-state index contributed by atoms with van der Waals surface area (Å²) in [5, 5.41) is 12.0. The first-order valence-corrected chi connectivity index (χ1v) is 14.5. The average Bonchev–Trinajstić information content (AvgIpc) is 3.46. The van der Waals surface area contributed by atoms with Gasteiger partial charge in [0.05, 0.1) is 4.88 Å². The largest absolute Gasteiger partial charge is 0.478 e. The molecule has 0 spiro atoms. The van der Waals surface area contributed by atoms with Gasteiger partial charge in [0.15, 0.2) is 0 Å². The fraction of sp³-hybridized carbons (Fsp3) is 0.538. The number of aromatic nitrogens is 1. The molecule has 1 amide bonds. The Hall–Kier alpha value is -2.39. The number of rotatable bonds is 10. The lowest BCUT2D eigenvalue weighted by Gasteiger charge is -2.62. The summed E-state index contributed by atoms with van der Waals surface area (Å²) in [7, 11) is -3.72. The molecule has 0 unspecified atom stereocenters. The van der Waals surface area contributed by atoms with E-state index in [9.17, 15) is 18.0 Å². The second-order valence-electron chi connectivity index (χ2n) is 10.4. The predicted molar refractivity (Wildman–Crippen MR) is 136 cm³/mol. The van der Waals surface area contributed by atoms with E-state index in [1.54, 1.807) is 31.2 Å². The van der Waals surface area contributed by atoms with Gasteiger partial charge in [0.2, 0.25) is 0 Å². The second-order valence-corrected chi connectivity index (χ2v) is 13.6. The fourth-order valence-corrected chi connectivity index (χ4v) is 8.57. The number of carboxylic acids is 1. The molecule has 2 bridgehead atoms. The quantitative estimate of drug-likeness (QED) is 0.337. The molecule has 0 aliphatic heterocycles. The summed E-state index contributed by atoms with van der Waals surface area (Å²) in [5.41, 5.74) is 0.809. The van der Waals surface area contributed by atoms with Crippen molar-refractivity contribution in [1.29, 1.82) is 0 Å². The Morgan fingerprint density at radius 2 is 2.00 bits per heavy atom. The van der Waals surface area contributed by atoms with Crippen molar-refractivity contribution in [3.8, 4) is 0 Å². The van der Waals surface area contributed by atoms with Crippen molar-refractivity contribution in [3.63, 3.8) is 0 Å². The Kier molecular flexibility index (Phi) is 7.29. The van der Waals surface area contributed by atoms with Crippen molar-refractivity contribution in [2.24, 2.45) is 23.2 Å². The highest BCUT2D eigenvalue weighted by Gasteiger charge is 2.57. The van der Waals surface area contributed by atoms with E-state index in [0.29, 0.717) is 28.3 Å². The number of hydrogen-bond acceptors (Lipinski definition) is 5. The van der Waals surface area contributed by atoms with Crippen molar-refractivity contribution >= 4 is 33.2 Å². The van der Waals surface area contributed by atoms with Gasteiger partial charge >= 0.3 is 5.97 Å². The van der Waals surface area contributed by atoms with E-state index in [1.807, 2.05) is 0 Å². The van der Waals surface area contributed by atoms with E-state index in [-0.39, 0.29) is 21.6 Å². The Balaban J connectivity index is 1.43. The van der Waals surface area contributed by atoms with Gasteiger partial charge in [0.25, 0.3) is 15.9 Å². The molecule has 2 heterocycles. The fourth-order valence-electron chi connectivity index (χ4n) is 5.90. The predicted octanol–water partition coefficient (Wildman–Crippen LogP) is 5.08. The first-order chi connectivity index (χ1) is 16.5. The number of unbranched alkanes of at least 4 members (excludes halogenated alkanes) is 2. The smallest absolute Gasteiger partial charge is 0.327 e. The molecule has 5 rings (SSSR count). The molecule has 4 atom stereocenters. The van der Waals surface area contributed by atoms with Crippen LogP contribution in [-0.4, -0.2) is 35.4 Å². The number of aliphatic carboxylic acids is 1. The standard InChI is InChI=1S/C26H34N2O5S2/c1-17-9-8-14-28(17)35(32,33)23-13-12-21(34-23)25(31)27-24-18(10-6-4-5-7-11-22(29)30)15-19-16-20(24)26(19,2)3/h7-9,11-14,18-20,24H,4-6,10,15-16H2,1-3H3,(H,27,31)(H,29,30)/t18-,19-,20-,24+/m0/s1. The molecule has 0 aromatic carbocycles. The minimum Gasteiger partial charge on any atom is -0.478 e. The Bertz CT molecular complexity index is 1220. The molecular weight excluding hydrogens is 484 g/mol. The van der Waals surface area contributed by atoms with Gasteiger partial charge in [-0.15, -0.1) is 11.3 Å². The number of carboxylic acid groups (broad SMARTS) is 1. The first kappa shape index (κ1) is 25.7. The van der Waals surface area contributed by atoms with Crippen molar-refractivity contribution in [3.05, 3.63) is 53.2 Å². The molecule has 9 heteroatoms. The minimum absolute atomic E-state index is 0.0610. The topological polar surface area (TPSA) is 105 Å². The van der Waals surface area contributed by atoms with Gasteiger partial charge in [-0.3, -0.25) is 4.79 Å². The van der Waals surface area contributed by atoms with E-state index >= 15 is 0 Å². The number of carbonyl (C=O) groups excluding carboxylic acids is 1. The summed E-state index contributed by atoms with van der Waals surface area (Å²) in [6.07, 6.45) is 10.2. The number of carbonyl (C=O) groups is 2. The highest BCUT2D eigenvalue weighted by Crippen LogP contribution is 2.61. The summed E-state index contributed by atoms with van der Waals surface area (Å²) in [4.78, 5) is 24.3. The van der Waals surface area contributed by atoms with Crippen molar-refractivity contribution in [2.75, 3.05) is 0 Å². The van der Waals surface area contributed by atoms with Crippen LogP contribution in [0.15, 0.2) is 46.8 Å². The third-order valence-corrected chi connectivity index (χ3v) is 11.4. The Labute approximate surface area is 211 Å². The van der Waals surface area contributed by atoms with E-state index < -0.39 is 16.0 Å².